The summed E-state index contributed by atoms with van der Waals surface area (Å²) in [5.41, 5.74) is 2.45. The molecule has 0 amide bonds. The van der Waals surface area contributed by atoms with Crippen LogP contribution in [0.5, 0.6) is 0 Å². The van der Waals surface area contributed by atoms with Crippen LogP contribution in [0, 0.1) is 11.8 Å². The summed E-state index contributed by atoms with van der Waals surface area (Å²) in [4.78, 5) is 10.6. The summed E-state index contributed by atoms with van der Waals surface area (Å²) in [6, 6.07) is 8.51. The number of benzene rings is 1. The van der Waals surface area contributed by atoms with Crippen molar-refractivity contribution < 1.29 is 0 Å². The highest BCUT2D eigenvalue weighted by atomic mass is 16.3. The molecule has 1 saturated heterocycles. The molecule has 3 nitrogen and oxygen atoms in total. The van der Waals surface area contributed by atoms with Crippen LogP contribution in [0.3, 0.4) is 0 Å². The second-order valence-electron chi connectivity index (χ2n) is 3.82. The van der Waals surface area contributed by atoms with E-state index in [2.05, 4.69) is 30.4 Å². The molecule has 1 fully saturated rings. The van der Waals surface area contributed by atoms with E-state index < -0.39 is 0 Å². The fraction of sp³-hybridized carbons (Fsp3) is 0.455. The topological polar surface area (TPSA) is 32.7 Å². The predicted octanol–water partition coefficient (Wildman–Crippen LogP) is 2.81. The molecule has 0 aliphatic carbocycles. The molecule has 0 saturated carbocycles. The first-order valence-corrected chi connectivity index (χ1v) is 4.98. The van der Waals surface area contributed by atoms with Gasteiger partial charge in [-0.2, -0.15) is 0 Å². The van der Waals surface area contributed by atoms with E-state index in [1.807, 2.05) is 6.07 Å². The van der Waals surface area contributed by atoms with Gasteiger partial charge in [-0.15, -0.1) is 4.91 Å². The molecule has 1 atom stereocenters. The molecular formula is C11H14N2O. The summed E-state index contributed by atoms with van der Waals surface area (Å²) in [6.07, 6.45) is 2.10. The fourth-order valence-electron chi connectivity index (χ4n) is 2.07. The highest BCUT2D eigenvalue weighted by Gasteiger charge is 2.25. The summed E-state index contributed by atoms with van der Waals surface area (Å²) < 4.78 is 0. The van der Waals surface area contributed by atoms with Crippen molar-refractivity contribution in [1.82, 2.24) is 5.01 Å². The monoisotopic (exact) mass is 190 g/mol. The van der Waals surface area contributed by atoms with Crippen molar-refractivity contribution in [1.29, 1.82) is 0 Å². The fourth-order valence-corrected chi connectivity index (χ4v) is 2.07. The Hall–Kier alpha value is -1.38. The Morgan fingerprint density at radius 3 is 3.07 bits per heavy atom. The normalized spacial score (nSPS) is 21.2. The van der Waals surface area contributed by atoms with Gasteiger partial charge >= 0.3 is 0 Å². The third kappa shape index (κ3) is 1.62. The number of hydrogen-bond donors (Lipinski definition) is 0. The van der Waals surface area contributed by atoms with Gasteiger partial charge in [0.25, 0.3) is 0 Å². The van der Waals surface area contributed by atoms with Crippen LogP contribution in [-0.4, -0.2) is 11.6 Å². The largest absolute Gasteiger partial charge is 0.253 e. The molecule has 0 N–H and O–H groups in total. The molecule has 1 aromatic rings. The molecule has 0 aromatic heterocycles. The van der Waals surface area contributed by atoms with Gasteiger partial charge in [-0.1, -0.05) is 29.8 Å². The second-order valence-corrected chi connectivity index (χ2v) is 3.82. The van der Waals surface area contributed by atoms with E-state index in [1.165, 1.54) is 11.1 Å². The average molecular weight is 190 g/mol. The lowest BCUT2D eigenvalue weighted by Gasteiger charge is -2.18. The van der Waals surface area contributed by atoms with Gasteiger partial charge in [0.1, 0.15) is 0 Å². The lowest BCUT2D eigenvalue weighted by molar-refractivity contribution is 0.267. The minimum atomic E-state index is 0.201. The maximum Gasteiger partial charge on any atom is 0.0752 e. The van der Waals surface area contributed by atoms with E-state index in [1.54, 1.807) is 5.01 Å². The van der Waals surface area contributed by atoms with E-state index in [0.29, 0.717) is 0 Å². The van der Waals surface area contributed by atoms with E-state index in [0.717, 1.165) is 19.4 Å². The zero-order valence-corrected chi connectivity index (χ0v) is 8.31. The van der Waals surface area contributed by atoms with E-state index in [9.17, 15) is 4.91 Å². The van der Waals surface area contributed by atoms with Gasteiger partial charge in [0.15, 0.2) is 0 Å². The molecule has 0 radical (unpaired) electrons. The highest BCUT2D eigenvalue weighted by molar-refractivity contribution is 5.25. The lowest BCUT2D eigenvalue weighted by atomic mass is 10.0. The number of hydrogen-bond acceptors (Lipinski definition) is 2. The quantitative estimate of drug-likeness (QED) is 0.672. The first kappa shape index (κ1) is 9.19. The average Bonchev–Trinajstić information content (AvgIpc) is 2.65. The summed E-state index contributed by atoms with van der Waals surface area (Å²) in [7, 11) is 0. The van der Waals surface area contributed by atoms with Gasteiger partial charge in [-0.05, 0) is 25.3 Å². The predicted molar refractivity (Wildman–Crippen MR) is 55.7 cm³/mol. The maximum atomic E-state index is 10.6. The van der Waals surface area contributed by atoms with Crippen LogP contribution < -0.4 is 0 Å². The van der Waals surface area contributed by atoms with Crippen molar-refractivity contribution >= 4 is 0 Å². The molecule has 1 aromatic carbocycles. The van der Waals surface area contributed by atoms with Crippen LogP contribution in [0.25, 0.3) is 0 Å². The minimum Gasteiger partial charge on any atom is -0.253 e. The Morgan fingerprint density at radius 1 is 1.50 bits per heavy atom. The molecule has 14 heavy (non-hydrogen) atoms. The third-order valence-electron chi connectivity index (χ3n) is 2.76. The molecule has 3 heteroatoms. The third-order valence-corrected chi connectivity index (χ3v) is 2.76. The summed E-state index contributed by atoms with van der Waals surface area (Å²) >= 11 is 0. The number of nitroso groups, excluding NO2 is 1. The zero-order chi connectivity index (χ0) is 9.97. The van der Waals surface area contributed by atoms with Gasteiger partial charge in [0.2, 0.25) is 0 Å². The molecule has 1 aliphatic heterocycles. The Morgan fingerprint density at radius 2 is 2.36 bits per heavy atom. The Labute approximate surface area is 83.7 Å². The van der Waals surface area contributed by atoms with Crippen molar-refractivity contribution in [2.45, 2.75) is 25.8 Å². The zero-order valence-electron chi connectivity index (χ0n) is 8.31. The summed E-state index contributed by atoms with van der Waals surface area (Å²) in [6.45, 7) is 2.86. The molecule has 2 rings (SSSR count). The van der Waals surface area contributed by atoms with Gasteiger partial charge in [-0.3, -0.25) is 5.01 Å². The maximum absolute atomic E-state index is 10.6. The van der Waals surface area contributed by atoms with E-state index in [-0.39, 0.29) is 6.04 Å². The number of aryl methyl sites for hydroxylation is 1. The van der Waals surface area contributed by atoms with Gasteiger partial charge in [0.05, 0.1) is 11.3 Å². The van der Waals surface area contributed by atoms with Crippen LogP contribution in [0.1, 0.15) is 30.0 Å². The van der Waals surface area contributed by atoms with Crippen molar-refractivity contribution in [3.8, 4) is 0 Å². The van der Waals surface area contributed by atoms with Gasteiger partial charge in [0, 0.05) is 6.54 Å². The second kappa shape index (κ2) is 3.78. The van der Waals surface area contributed by atoms with Crippen molar-refractivity contribution in [3.05, 3.63) is 40.3 Å². The standard InChI is InChI=1S/C11H14N2O/c1-9-4-2-5-10(8-9)11-6-3-7-13(11)12-14/h2,4-5,8,11H,3,6-7H2,1H3. The van der Waals surface area contributed by atoms with Crippen LogP contribution in [0.15, 0.2) is 29.6 Å². The van der Waals surface area contributed by atoms with Crippen molar-refractivity contribution in [2.24, 2.45) is 5.29 Å². The number of rotatable bonds is 2. The van der Waals surface area contributed by atoms with E-state index >= 15 is 0 Å². The van der Waals surface area contributed by atoms with Gasteiger partial charge in [-0.25, -0.2) is 0 Å². The van der Waals surface area contributed by atoms with Crippen LogP contribution >= 0.6 is 0 Å². The van der Waals surface area contributed by atoms with Crippen LogP contribution in [0.4, 0.5) is 0 Å². The smallest absolute Gasteiger partial charge is 0.0752 e. The lowest BCUT2D eigenvalue weighted by Crippen LogP contribution is -2.15. The summed E-state index contributed by atoms with van der Waals surface area (Å²) in [5.74, 6) is 0. The Balaban J connectivity index is 2.25. The minimum absolute atomic E-state index is 0.201. The first-order chi connectivity index (χ1) is 6.81. The van der Waals surface area contributed by atoms with Crippen LogP contribution in [0.2, 0.25) is 0 Å². The molecule has 0 bridgehead atoms. The van der Waals surface area contributed by atoms with E-state index in [4.69, 9.17) is 0 Å². The molecule has 1 unspecified atom stereocenters. The van der Waals surface area contributed by atoms with Crippen molar-refractivity contribution in [3.63, 3.8) is 0 Å². The SMILES string of the molecule is Cc1cccc(C2CCCN2N=O)c1. The molecule has 1 heterocycles. The van der Waals surface area contributed by atoms with Gasteiger partial charge < -0.3 is 0 Å². The highest BCUT2D eigenvalue weighted by Crippen LogP contribution is 2.31. The molecule has 74 valence electrons. The molecular weight excluding hydrogens is 176 g/mol. The molecule has 0 spiro atoms. The van der Waals surface area contributed by atoms with Crippen molar-refractivity contribution in [2.75, 3.05) is 6.54 Å². The summed E-state index contributed by atoms with van der Waals surface area (Å²) in [5, 5.41) is 4.71. The first-order valence-electron chi connectivity index (χ1n) is 4.98. The Kier molecular flexibility index (Phi) is 2.48. The van der Waals surface area contributed by atoms with Crippen LogP contribution in [-0.2, 0) is 0 Å². The Bertz CT molecular complexity index is 338. The number of nitrogens with zero attached hydrogens (tertiary/aromatic N) is 2. The molecule has 1 aliphatic rings.